The molecule has 0 unspecified atom stereocenters. The number of carbonyl (C=O) groups excluding carboxylic acids is 1. The summed E-state index contributed by atoms with van der Waals surface area (Å²) < 4.78 is 5.97. The molecule has 3 heteroatoms. The summed E-state index contributed by atoms with van der Waals surface area (Å²) in [7, 11) is 0. The second-order valence-corrected chi connectivity index (χ2v) is 5.36. The fraction of sp³-hybridized carbons (Fsp3) is 0.235. The molecule has 2 heterocycles. The average molecular weight is 265 g/mol. The zero-order valence-electron chi connectivity index (χ0n) is 11.1. The van der Waals surface area contributed by atoms with Gasteiger partial charge in [-0.2, -0.15) is 0 Å². The van der Waals surface area contributed by atoms with Crippen molar-refractivity contribution in [2.24, 2.45) is 0 Å². The van der Waals surface area contributed by atoms with Crippen LogP contribution in [0.4, 0.5) is 0 Å². The number of piperidine rings is 1. The molecule has 1 amide bonds. The van der Waals surface area contributed by atoms with Crippen LogP contribution in [-0.2, 0) is 10.2 Å². The van der Waals surface area contributed by atoms with Crippen molar-refractivity contribution in [3.63, 3.8) is 0 Å². The Balaban J connectivity index is 2.04. The highest BCUT2D eigenvalue weighted by Gasteiger charge is 2.49. The molecule has 2 aliphatic heterocycles. The Hall–Kier alpha value is -2.29. The first-order valence-corrected chi connectivity index (χ1v) is 6.97. The molecule has 0 bridgehead atoms. The van der Waals surface area contributed by atoms with E-state index < -0.39 is 5.41 Å². The van der Waals surface area contributed by atoms with Crippen molar-refractivity contribution in [1.82, 2.24) is 5.32 Å². The zero-order valence-corrected chi connectivity index (χ0v) is 11.1. The minimum Gasteiger partial charge on any atom is -0.457 e. The van der Waals surface area contributed by atoms with Gasteiger partial charge in [-0.25, -0.2) is 0 Å². The molecule has 1 spiro atoms. The molecule has 0 aliphatic carbocycles. The quantitative estimate of drug-likeness (QED) is 0.795. The minimum absolute atomic E-state index is 0.0898. The van der Waals surface area contributed by atoms with Crippen molar-refractivity contribution >= 4 is 5.91 Å². The van der Waals surface area contributed by atoms with Crippen molar-refractivity contribution in [3.05, 3.63) is 59.7 Å². The van der Waals surface area contributed by atoms with Gasteiger partial charge in [0, 0.05) is 17.7 Å². The van der Waals surface area contributed by atoms with Gasteiger partial charge in [-0.05, 0) is 25.0 Å². The van der Waals surface area contributed by atoms with Crippen molar-refractivity contribution in [2.75, 3.05) is 6.54 Å². The van der Waals surface area contributed by atoms with Crippen LogP contribution in [0.2, 0.25) is 0 Å². The van der Waals surface area contributed by atoms with Crippen LogP contribution in [0.15, 0.2) is 48.5 Å². The van der Waals surface area contributed by atoms with Gasteiger partial charge < -0.3 is 10.1 Å². The first-order chi connectivity index (χ1) is 9.82. The van der Waals surface area contributed by atoms with E-state index in [1.807, 2.05) is 48.5 Å². The second-order valence-electron chi connectivity index (χ2n) is 5.36. The largest absolute Gasteiger partial charge is 0.457 e. The summed E-state index contributed by atoms with van der Waals surface area (Å²) >= 11 is 0. The fourth-order valence-corrected chi connectivity index (χ4v) is 3.41. The number of ether oxygens (including phenoxy) is 1. The highest BCUT2D eigenvalue weighted by Crippen LogP contribution is 2.51. The lowest BCUT2D eigenvalue weighted by molar-refractivity contribution is -0.127. The molecular formula is C17H15NO2. The lowest BCUT2D eigenvalue weighted by Crippen LogP contribution is -2.50. The number of rotatable bonds is 0. The van der Waals surface area contributed by atoms with Gasteiger partial charge in [-0.1, -0.05) is 36.4 Å². The average Bonchev–Trinajstić information content (AvgIpc) is 2.50. The maximum atomic E-state index is 12.7. The van der Waals surface area contributed by atoms with E-state index in [1.54, 1.807) is 0 Å². The van der Waals surface area contributed by atoms with E-state index >= 15 is 0 Å². The number of fused-ring (bicyclic) bond motifs is 4. The van der Waals surface area contributed by atoms with E-state index in [0.29, 0.717) is 0 Å². The summed E-state index contributed by atoms with van der Waals surface area (Å²) in [6, 6.07) is 15.7. The third-order valence-corrected chi connectivity index (χ3v) is 4.32. The highest BCUT2D eigenvalue weighted by atomic mass is 16.5. The van der Waals surface area contributed by atoms with Gasteiger partial charge in [0.2, 0.25) is 5.91 Å². The van der Waals surface area contributed by atoms with Crippen molar-refractivity contribution in [1.29, 1.82) is 0 Å². The van der Waals surface area contributed by atoms with Gasteiger partial charge >= 0.3 is 0 Å². The lowest BCUT2D eigenvalue weighted by atomic mass is 9.67. The normalized spacial score (nSPS) is 18.7. The van der Waals surface area contributed by atoms with E-state index in [9.17, 15) is 4.79 Å². The van der Waals surface area contributed by atoms with Crippen LogP contribution in [0, 0.1) is 0 Å². The Morgan fingerprint density at radius 2 is 1.55 bits per heavy atom. The van der Waals surface area contributed by atoms with Crippen LogP contribution in [0.5, 0.6) is 11.5 Å². The molecule has 0 radical (unpaired) electrons. The van der Waals surface area contributed by atoms with Gasteiger partial charge in [-0.15, -0.1) is 0 Å². The molecule has 2 aromatic rings. The number of carbonyl (C=O) groups is 1. The summed E-state index contributed by atoms with van der Waals surface area (Å²) in [4.78, 5) is 12.7. The Kier molecular flexibility index (Phi) is 2.36. The molecule has 1 saturated heterocycles. The van der Waals surface area contributed by atoms with Crippen LogP contribution in [-0.4, -0.2) is 12.5 Å². The minimum atomic E-state index is -0.594. The predicted octanol–water partition coefficient (Wildman–Crippen LogP) is 2.99. The molecule has 2 aliphatic rings. The van der Waals surface area contributed by atoms with Crippen LogP contribution < -0.4 is 10.1 Å². The van der Waals surface area contributed by atoms with Crippen molar-refractivity contribution in [2.45, 2.75) is 18.3 Å². The lowest BCUT2D eigenvalue weighted by Gasteiger charge is -2.41. The molecule has 1 N–H and O–H groups in total. The molecule has 0 atom stereocenters. The van der Waals surface area contributed by atoms with Crippen LogP contribution in [0.3, 0.4) is 0 Å². The molecule has 100 valence electrons. The molecule has 20 heavy (non-hydrogen) atoms. The standard InChI is InChI=1S/C17H15NO2/c19-16-17(10-5-11-18-16)12-6-1-3-8-14(12)20-15-9-4-2-7-13(15)17/h1-4,6-9H,5,10-11H2,(H,18,19). The zero-order chi connectivity index (χ0) is 13.6. The third-order valence-electron chi connectivity index (χ3n) is 4.32. The predicted molar refractivity (Wildman–Crippen MR) is 76.0 cm³/mol. The first kappa shape index (κ1) is 11.5. The summed E-state index contributed by atoms with van der Waals surface area (Å²) in [5, 5.41) is 3.03. The molecule has 3 nitrogen and oxygen atoms in total. The van der Waals surface area contributed by atoms with E-state index in [4.69, 9.17) is 4.74 Å². The smallest absolute Gasteiger partial charge is 0.235 e. The van der Waals surface area contributed by atoms with Gasteiger partial charge in [0.15, 0.2) is 0 Å². The van der Waals surface area contributed by atoms with Crippen LogP contribution >= 0.6 is 0 Å². The van der Waals surface area contributed by atoms with Crippen LogP contribution in [0.1, 0.15) is 24.0 Å². The fourth-order valence-electron chi connectivity index (χ4n) is 3.41. The number of hydrogen-bond donors (Lipinski definition) is 1. The van der Waals surface area contributed by atoms with Crippen molar-refractivity contribution in [3.8, 4) is 11.5 Å². The number of para-hydroxylation sites is 2. The van der Waals surface area contributed by atoms with Gasteiger partial charge in [0.25, 0.3) is 0 Å². The van der Waals surface area contributed by atoms with Gasteiger partial charge in [0.05, 0.1) is 0 Å². The Morgan fingerprint density at radius 1 is 0.950 bits per heavy atom. The highest BCUT2D eigenvalue weighted by molar-refractivity contribution is 5.95. The number of nitrogens with one attached hydrogen (secondary N) is 1. The molecule has 4 rings (SSSR count). The molecule has 1 fully saturated rings. The summed E-state index contributed by atoms with van der Waals surface area (Å²) in [6.45, 7) is 0.756. The number of amides is 1. The van der Waals surface area contributed by atoms with E-state index in [0.717, 1.165) is 42.0 Å². The van der Waals surface area contributed by atoms with E-state index in [1.165, 1.54) is 0 Å². The third kappa shape index (κ3) is 1.38. The maximum absolute atomic E-state index is 12.7. The molecule has 2 aromatic carbocycles. The van der Waals surface area contributed by atoms with E-state index in [2.05, 4.69) is 5.32 Å². The second kappa shape index (κ2) is 4.10. The monoisotopic (exact) mass is 265 g/mol. The topological polar surface area (TPSA) is 38.3 Å². The first-order valence-electron chi connectivity index (χ1n) is 6.97. The van der Waals surface area contributed by atoms with E-state index in [-0.39, 0.29) is 5.91 Å². The van der Waals surface area contributed by atoms with Crippen LogP contribution in [0.25, 0.3) is 0 Å². The Bertz CT molecular complexity index is 647. The van der Waals surface area contributed by atoms with Gasteiger partial charge in [-0.3, -0.25) is 4.79 Å². The summed E-state index contributed by atoms with van der Waals surface area (Å²) in [5.74, 6) is 1.68. The maximum Gasteiger partial charge on any atom is 0.235 e. The Labute approximate surface area is 117 Å². The molecular weight excluding hydrogens is 250 g/mol. The summed E-state index contributed by atoms with van der Waals surface area (Å²) in [5.41, 5.74) is 1.37. The summed E-state index contributed by atoms with van der Waals surface area (Å²) in [6.07, 6.45) is 1.81. The van der Waals surface area contributed by atoms with Crippen molar-refractivity contribution < 1.29 is 9.53 Å². The number of hydrogen-bond acceptors (Lipinski definition) is 2. The SMILES string of the molecule is O=C1NCCCC12c1ccccc1Oc1ccccc12. The van der Waals surface area contributed by atoms with Gasteiger partial charge in [0.1, 0.15) is 16.9 Å². The molecule has 0 saturated carbocycles. The number of benzene rings is 2. The molecule has 0 aromatic heterocycles. The Morgan fingerprint density at radius 3 is 2.15 bits per heavy atom.